The Morgan fingerprint density at radius 1 is 1.45 bits per heavy atom. The Hall–Kier alpha value is -2.19. The molecule has 0 unspecified atom stereocenters. The molecule has 9 heteroatoms. The second-order valence-electron chi connectivity index (χ2n) is 4.41. The second-order valence-corrected chi connectivity index (χ2v) is 5.61. The van der Waals surface area contributed by atoms with Crippen LogP contribution >= 0.6 is 27.5 Å². The number of hydrogen-bond donors (Lipinski definition) is 3. The van der Waals surface area contributed by atoms with Gasteiger partial charge in [-0.15, -0.1) is 0 Å². The van der Waals surface area contributed by atoms with Crippen LogP contribution in [0.2, 0.25) is 5.02 Å². The average molecular weight is 385 g/mol. The standard InChI is InChI=1S/C13H8BrClFN5O/c14-11-6-3-5(4-18-12(6)21-20-11)19-13(22)9-7(15)1-2-8(17)10(9)16/h1-4H,17H2,(H,19,22)(H,18,20,21). The number of aromatic nitrogens is 3. The number of benzene rings is 1. The molecule has 0 saturated carbocycles. The molecule has 0 atom stereocenters. The molecule has 3 rings (SSSR count). The fourth-order valence-electron chi connectivity index (χ4n) is 1.91. The van der Waals surface area contributed by atoms with E-state index in [0.29, 0.717) is 21.3 Å². The van der Waals surface area contributed by atoms with Crippen LogP contribution in [0.15, 0.2) is 29.0 Å². The van der Waals surface area contributed by atoms with Gasteiger partial charge in [-0.3, -0.25) is 9.89 Å². The van der Waals surface area contributed by atoms with E-state index in [-0.39, 0.29) is 16.3 Å². The summed E-state index contributed by atoms with van der Waals surface area (Å²) in [6, 6.07) is 4.31. The van der Waals surface area contributed by atoms with Crippen molar-refractivity contribution in [3.05, 3.63) is 45.4 Å². The molecule has 2 heterocycles. The maximum atomic E-state index is 14.0. The number of hydrogen-bond acceptors (Lipinski definition) is 4. The van der Waals surface area contributed by atoms with Gasteiger partial charge in [0, 0.05) is 0 Å². The summed E-state index contributed by atoms with van der Waals surface area (Å²) < 4.78 is 14.6. The molecular weight excluding hydrogens is 377 g/mol. The summed E-state index contributed by atoms with van der Waals surface area (Å²) in [6.07, 6.45) is 1.41. The molecule has 112 valence electrons. The van der Waals surface area contributed by atoms with Gasteiger partial charge in [-0.25, -0.2) is 9.37 Å². The summed E-state index contributed by atoms with van der Waals surface area (Å²) in [6.45, 7) is 0. The van der Waals surface area contributed by atoms with Crippen LogP contribution in [0.25, 0.3) is 11.0 Å². The smallest absolute Gasteiger partial charge is 0.260 e. The third kappa shape index (κ3) is 2.51. The highest BCUT2D eigenvalue weighted by atomic mass is 79.9. The molecule has 0 bridgehead atoms. The lowest BCUT2D eigenvalue weighted by molar-refractivity contribution is 0.102. The fraction of sp³-hybridized carbons (Fsp3) is 0. The molecule has 2 aromatic heterocycles. The Morgan fingerprint density at radius 2 is 2.23 bits per heavy atom. The van der Waals surface area contributed by atoms with Gasteiger partial charge in [-0.2, -0.15) is 5.10 Å². The van der Waals surface area contributed by atoms with Crippen molar-refractivity contribution in [2.75, 3.05) is 11.1 Å². The number of nitrogens with zero attached hydrogens (tertiary/aromatic N) is 2. The predicted molar refractivity (Wildman–Crippen MR) is 85.4 cm³/mol. The summed E-state index contributed by atoms with van der Waals surface area (Å²) in [5.74, 6) is -1.57. The van der Waals surface area contributed by atoms with Gasteiger partial charge in [0.05, 0.1) is 33.5 Å². The Balaban J connectivity index is 1.96. The Kier molecular flexibility index (Phi) is 3.71. The first-order valence-electron chi connectivity index (χ1n) is 6.02. The average Bonchev–Trinajstić information content (AvgIpc) is 2.85. The predicted octanol–water partition coefficient (Wildman–Crippen LogP) is 3.35. The number of nitrogens with two attached hydrogens (primary N) is 1. The third-order valence-electron chi connectivity index (χ3n) is 2.97. The number of anilines is 2. The number of halogens is 3. The molecule has 0 aliphatic rings. The topological polar surface area (TPSA) is 96.7 Å². The minimum atomic E-state index is -0.858. The van der Waals surface area contributed by atoms with Gasteiger partial charge in [0.2, 0.25) is 0 Å². The van der Waals surface area contributed by atoms with E-state index < -0.39 is 11.7 Å². The van der Waals surface area contributed by atoms with E-state index in [2.05, 4.69) is 36.4 Å². The van der Waals surface area contributed by atoms with Crippen molar-refractivity contribution in [2.45, 2.75) is 0 Å². The first-order valence-corrected chi connectivity index (χ1v) is 7.19. The van der Waals surface area contributed by atoms with Crippen LogP contribution < -0.4 is 11.1 Å². The van der Waals surface area contributed by atoms with E-state index in [4.69, 9.17) is 17.3 Å². The summed E-state index contributed by atoms with van der Waals surface area (Å²) in [5.41, 5.74) is 5.85. The Labute approximate surface area is 137 Å². The van der Waals surface area contributed by atoms with Crippen LogP contribution in [0.3, 0.4) is 0 Å². The maximum Gasteiger partial charge on any atom is 0.260 e. The lowest BCUT2D eigenvalue weighted by Gasteiger charge is -2.09. The first-order chi connectivity index (χ1) is 10.5. The van der Waals surface area contributed by atoms with Gasteiger partial charge in [-0.1, -0.05) is 11.6 Å². The molecule has 1 aromatic carbocycles. The van der Waals surface area contributed by atoms with Crippen LogP contribution in [-0.4, -0.2) is 21.1 Å². The highest BCUT2D eigenvalue weighted by Gasteiger charge is 2.19. The molecule has 1 amide bonds. The molecule has 0 fully saturated rings. The van der Waals surface area contributed by atoms with Gasteiger partial charge in [-0.05, 0) is 34.1 Å². The van der Waals surface area contributed by atoms with Crippen LogP contribution in [0.5, 0.6) is 0 Å². The zero-order valence-electron chi connectivity index (χ0n) is 10.8. The number of amides is 1. The van der Waals surface area contributed by atoms with Crippen molar-refractivity contribution in [1.82, 2.24) is 15.2 Å². The van der Waals surface area contributed by atoms with E-state index in [9.17, 15) is 9.18 Å². The van der Waals surface area contributed by atoms with Crippen molar-refractivity contribution < 1.29 is 9.18 Å². The highest BCUT2D eigenvalue weighted by molar-refractivity contribution is 9.10. The molecule has 0 aliphatic carbocycles. The van der Waals surface area contributed by atoms with Gasteiger partial charge in [0.15, 0.2) is 11.5 Å². The normalized spacial score (nSPS) is 10.9. The molecule has 0 aliphatic heterocycles. The van der Waals surface area contributed by atoms with Crippen molar-refractivity contribution in [1.29, 1.82) is 0 Å². The van der Waals surface area contributed by atoms with E-state index in [1.165, 1.54) is 18.3 Å². The minimum absolute atomic E-state index is 0.0253. The number of nitrogens with one attached hydrogen (secondary N) is 2. The SMILES string of the molecule is Nc1ccc(Cl)c(C(=O)Nc2cnc3n[nH]c(Br)c3c2)c1F. The summed E-state index contributed by atoms with van der Waals surface area (Å²) in [7, 11) is 0. The largest absolute Gasteiger partial charge is 0.396 e. The monoisotopic (exact) mass is 383 g/mol. The van der Waals surface area contributed by atoms with E-state index >= 15 is 0 Å². The van der Waals surface area contributed by atoms with Crippen molar-refractivity contribution >= 4 is 55.8 Å². The van der Waals surface area contributed by atoms with Gasteiger partial charge < -0.3 is 11.1 Å². The number of carbonyl (C=O) groups excluding carboxylic acids is 1. The summed E-state index contributed by atoms with van der Waals surface area (Å²) in [5, 5.41) is 9.84. The van der Waals surface area contributed by atoms with Crippen LogP contribution in [0, 0.1) is 5.82 Å². The van der Waals surface area contributed by atoms with Gasteiger partial charge in [0.25, 0.3) is 5.91 Å². The lowest BCUT2D eigenvalue weighted by atomic mass is 10.1. The molecule has 0 spiro atoms. The number of aromatic amines is 1. The molecule has 22 heavy (non-hydrogen) atoms. The minimum Gasteiger partial charge on any atom is -0.396 e. The van der Waals surface area contributed by atoms with Gasteiger partial charge >= 0.3 is 0 Å². The zero-order valence-corrected chi connectivity index (χ0v) is 13.2. The van der Waals surface area contributed by atoms with Crippen molar-refractivity contribution in [3.8, 4) is 0 Å². The molecule has 0 radical (unpaired) electrons. The third-order valence-corrected chi connectivity index (χ3v) is 3.89. The Morgan fingerprint density at radius 3 is 3.00 bits per heavy atom. The van der Waals surface area contributed by atoms with Crippen LogP contribution in [0.1, 0.15) is 10.4 Å². The summed E-state index contributed by atoms with van der Waals surface area (Å²) in [4.78, 5) is 16.3. The number of fused-ring (bicyclic) bond motifs is 1. The van der Waals surface area contributed by atoms with Gasteiger partial charge in [0.1, 0.15) is 4.60 Å². The molecule has 4 N–H and O–H groups in total. The quantitative estimate of drug-likeness (QED) is 0.590. The number of nitrogen functional groups attached to an aromatic ring is 1. The highest BCUT2D eigenvalue weighted by Crippen LogP contribution is 2.26. The van der Waals surface area contributed by atoms with E-state index in [0.717, 1.165) is 0 Å². The number of pyridine rings is 1. The zero-order chi connectivity index (χ0) is 15.9. The molecule has 3 aromatic rings. The summed E-state index contributed by atoms with van der Waals surface area (Å²) >= 11 is 9.15. The molecule has 6 nitrogen and oxygen atoms in total. The molecule has 0 saturated heterocycles. The first kappa shape index (κ1) is 14.7. The van der Waals surface area contributed by atoms with E-state index in [1.54, 1.807) is 6.07 Å². The lowest BCUT2D eigenvalue weighted by Crippen LogP contribution is -2.15. The Bertz CT molecular complexity index is 898. The van der Waals surface area contributed by atoms with Crippen molar-refractivity contribution in [3.63, 3.8) is 0 Å². The van der Waals surface area contributed by atoms with Crippen LogP contribution in [-0.2, 0) is 0 Å². The van der Waals surface area contributed by atoms with Crippen LogP contribution in [0.4, 0.5) is 15.8 Å². The second kappa shape index (κ2) is 5.54. The number of carbonyl (C=O) groups is 1. The van der Waals surface area contributed by atoms with E-state index in [1.807, 2.05) is 0 Å². The number of H-pyrrole nitrogens is 1. The van der Waals surface area contributed by atoms with Crippen molar-refractivity contribution in [2.24, 2.45) is 0 Å². The fourth-order valence-corrected chi connectivity index (χ4v) is 2.52. The number of rotatable bonds is 2. The maximum absolute atomic E-state index is 14.0. The molecular formula is C13H8BrClFN5O.